The second-order valence-electron chi connectivity index (χ2n) is 4.79. The molecule has 106 valence electrons. The van der Waals surface area contributed by atoms with Gasteiger partial charge in [-0.1, -0.05) is 0 Å². The Bertz CT molecular complexity index is 553. The first-order chi connectivity index (χ1) is 9.60. The summed E-state index contributed by atoms with van der Waals surface area (Å²) in [5.41, 5.74) is 0. The molecule has 0 aliphatic heterocycles. The van der Waals surface area contributed by atoms with Crippen LogP contribution in [-0.4, -0.2) is 21.4 Å². The molecule has 2 rings (SSSR count). The maximum Gasteiger partial charge on any atom is 0.234 e. The molecular formula is C14H15FN2O2S. The third-order valence-electron chi connectivity index (χ3n) is 3.34. The Balaban J connectivity index is 1.92. The van der Waals surface area contributed by atoms with Crippen molar-refractivity contribution in [3.63, 3.8) is 0 Å². The largest absolute Gasteiger partial charge is 0.352 e. The van der Waals surface area contributed by atoms with Crippen LogP contribution in [0.3, 0.4) is 0 Å². The number of amides is 1. The highest BCUT2D eigenvalue weighted by Gasteiger charge is 2.30. The van der Waals surface area contributed by atoms with Crippen LogP contribution in [0.25, 0.3) is 0 Å². The summed E-state index contributed by atoms with van der Waals surface area (Å²) in [7, 11) is -1.19. The van der Waals surface area contributed by atoms with E-state index < -0.39 is 10.8 Å². The third kappa shape index (κ3) is 3.64. The summed E-state index contributed by atoms with van der Waals surface area (Å²) in [6.07, 6.45) is 1.99. The number of nitrogens with zero attached hydrogens (tertiary/aromatic N) is 1. The van der Waals surface area contributed by atoms with E-state index in [2.05, 4.69) is 5.32 Å². The van der Waals surface area contributed by atoms with E-state index in [1.54, 1.807) is 6.07 Å². The molecule has 1 fully saturated rings. The van der Waals surface area contributed by atoms with Crippen molar-refractivity contribution >= 4 is 16.7 Å². The van der Waals surface area contributed by atoms with Crippen LogP contribution in [0.15, 0.2) is 29.2 Å². The average Bonchev–Trinajstić information content (AvgIpc) is 2.87. The Morgan fingerprint density at radius 3 is 2.75 bits per heavy atom. The van der Waals surface area contributed by atoms with Crippen molar-refractivity contribution in [2.45, 2.75) is 41.9 Å². The van der Waals surface area contributed by atoms with Crippen LogP contribution < -0.4 is 5.32 Å². The van der Waals surface area contributed by atoms with Gasteiger partial charge in [-0.25, -0.2) is 4.39 Å². The molecule has 0 aromatic heterocycles. The smallest absolute Gasteiger partial charge is 0.234 e. The highest BCUT2D eigenvalue weighted by Crippen LogP contribution is 2.27. The van der Waals surface area contributed by atoms with Gasteiger partial charge in [-0.05, 0) is 43.5 Å². The minimum atomic E-state index is -1.19. The van der Waals surface area contributed by atoms with E-state index >= 15 is 0 Å². The first-order valence-electron chi connectivity index (χ1n) is 6.42. The molecule has 4 nitrogen and oxygen atoms in total. The minimum absolute atomic E-state index is 0.0229. The van der Waals surface area contributed by atoms with Crippen LogP contribution in [0.2, 0.25) is 0 Å². The summed E-state index contributed by atoms with van der Waals surface area (Å²) < 4.78 is 25.2. The zero-order valence-corrected chi connectivity index (χ0v) is 11.7. The number of nitriles is 1. The maximum atomic E-state index is 12.8. The number of carbonyl (C=O) groups is 1. The molecule has 3 unspecified atom stereocenters. The van der Waals surface area contributed by atoms with Gasteiger partial charge in [-0.15, -0.1) is 0 Å². The zero-order valence-electron chi connectivity index (χ0n) is 10.8. The van der Waals surface area contributed by atoms with Crippen LogP contribution in [0, 0.1) is 17.1 Å². The van der Waals surface area contributed by atoms with Gasteiger partial charge in [0.25, 0.3) is 0 Å². The summed E-state index contributed by atoms with van der Waals surface area (Å²) in [6, 6.07) is 7.45. The Morgan fingerprint density at radius 1 is 1.40 bits per heavy atom. The van der Waals surface area contributed by atoms with E-state index in [-0.39, 0.29) is 29.4 Å². The lowest BCUT2D eigenvalue weighted by Crippen LogP contribution is -2.33. The van der Waals surface area contributed by atoms with Crippen LogP contribution in [0.4, 0.5) is 4.39 Å². The Labute approximate surface area is 119 Å². The molecule has 0 heterocycles. The van der Waals surface area contributed by atoms with Crippen molar-refractivity contribution in [1.82, 2.24) is 5.32 Å². The number of benzene rings is 1. The normalized spacial score (nSPS) is 23.0. The van der Waals surface area contributed by atoms with Crippen LogP contribution in [0.5, 0.6) is 0 Å². The van der Waals surface area contributed by atoms with Crippen molar-refractivity contribution < 1.29 is 13.4 Å². The standard InChI is InChI=1S/C14H15FN2O2S/c15-10-1-4-12(5-2-10)20(19)13-6-3-11(9-13)17-14(18)7-8-16/h1-2,4-5,11,13H,3,6-7,9H2,(H,17,18). The number of nitrogens with one attached hydrogen (secondary N) is 1. The molecule has 1 N–H and O–H groups in total. The molecule has 1 aliphatic rings. The van der Waals surface area contributed by atoms with Gasteiger partial charge in [0.15, 0.2) is 0 Å². The summed E-state index contributed by atoms with van der Waals surface area (Å²) >= 11 is 0. The molecule has 1 aliphatic carbocycles. The lowest BCUT2D eigenvalue weighted by molar-refractivity contribution is -0.120. The monoisotopic (exact) mass is 294 g/mol. The Kier molecular flexibility index (Phi) is 4.85. The van der Waals surface area contributed by atoms with E-state index in [4.69, 9.17) is 5.26 Å². The fourth-order valence-corrected chi connectivity index (χ4v) is 3.92. The zero-order chi connectivity index (χ0) is 14.5. The lowest BCUT2D eigenvalue weighted by Gasteiger charge is -2.12. The number of carbonyl (C=O) groups excluding carboxylic acids is 1. The second kappa shape index (κ2) is 6.62. The number of hydrogen-bond donors (Lipinski definition) is 1. The molecule has 0 radical (unpaired) electrons. The molecule has 1 aromatic rings. The van der Waals surface area contributed by atoms with E-state index in [0.717, 1.165) is 12.8 Å². The van der Waals surface area contributed by atoms with Gasteiger partial charge < -0.3 is 5.32 Å². The fourth-order valence-electron chi connectivity index (χ4n) is 2.38. The highest BCUT2D eigenvalue weighted by atomic mass is 32.2. The van der Waals surface area contributed by atoms with Crippen molar-refractivity contribution in [3.05, 3.63) is 30.1 Å². The summed E-state index contributed by atoms with van der Waals surface area (Å²) in [5, 5.41) is 11.2. The third-order valence-corrected chi connectivity index (χ3v) is 5.11. The van der Waals surface area contributed by atoms with E-state index in [1.807, 2.05) is 0 Å². The van der Waals surface area contributed by atoms with E-state index in [1.165, 1.54) is 24.3 Å². The highest BCUT2D eigenvalue weighted by molar-refractivity contribution is 7.85. The number of hydrogen-bond acceptors (Lipinski definition) is 3. The molecule has 0 spiro atoms. The van der Waals surface area contributed by atoms with Gasteiger partial charge in [-0.2, -0.15) is 5.26 Å². The average molecular weight is 294 g/mol. The van der Waals surface area contributed by atoms with E-state index in [9.17, 15) is 13.4 Å². The van der Waals surface area contributed by atoms with Crippen molar-refractivity contribution in [2.75, 3.05) is 0 Å². The van der Waals surface area contributed by atoms with Crippen LogP contribution >= 0.6 is 0 Å². The lowest BCUT2D eigenvalue weighted by atomic mass is 10.2. The van der Waals surface area contributed by atoms with Crippen LogP contribution in [-0.2, 0) is 15.6 Å². The van der Waals surface area contributed by atoms with Gasteiger partial charge in [-0.3, -0.25) is 9.00 Å². The molecule has 0 bridgehead atoms. The molecule has 3 atom stereocenters. The van der Waals surface area contributed by atoms with Crippen molar-refractivity contribution in [1.29, 1.82) is 5.26 Å². The minimum Gasteiger partial charge on any atom is -0.352 e. The summed E-state index contributed by atoms with van der Waals surface area (Å²) in [6.45, 7) is 0. The number of rotatable bonds is 4. The molecular weight excluding hydrogens is 279 g/mol. The summed E-state index contributed by atoms with van der Waals surface area (Å²) in [5.74, 6) is -0.635. The first-order valence-corrected chi connectivity index (χ1v) is 7.64. The quantitative estimate of drug-likeness (QED) is 0.921. The molecule has 20 heavy (non-hydrogen) atoms. The van der Waals surface area contributed by atoms with Gasteiger partial charge in [0.1, 0.15) is 12.2 Å². The maximum absolute atomic E-state index is 12.8. The Hall–Kier alpha value is -1.74. The molecule has 1 saturated carbocycles. The van der Waals surface area contributed by atoms with Crippen molar-refractivity contribution in [2.24, 2.45) is 0 Å². The Morgan fingerprint density at radius 2 is 2.10 bits per heavy atom. The first kappa shape index (κ1) is 14.7. The number of halogens is 1. The van der Waals surface area contributed by atoms with Gasteiger partial charge in [0.05, 0.1) is 16.9 Å². The van der Waals surface area contributed by atoms with Crippen LogP contribution in [0.1, 0.15) is 25.7 Å². The van der Waals surface area contributed by atoms with E-state index in [0.29, 0.717) is 11.3 Å². The predicted molar refractivity (Wildman–Crippen MR) is 72.6 cm³/mol. The molecule has 6 heteroatoms. The predicted octanol–water partition coefficient (Wildman–Crippen LogP) is 1.88. The fraction of sp³-hybridized carbons (Fsp3) is 0.429. The topological polar surface area (TPSA) is 70.0 Å². The van der Waals surface area contributed by atoms with Gasteiger partial charge >= 0.3 is 0 Å². The molecule has 0 saturated heterocycles. The molecule has 1 aromatic carbocycles. The second-order valence-corrected chi connectivity index (χ2v) is 6.52. The van der Waals surface area contributed by atoms with Gasteiger partial charge in [0, 0.05) is 16.2 Å². The SMILES string of the molecule is N#CCC(=O)NC1CCC(S(=O)c2ccc(F)cc2)C1. The van der Waals surface area contributed by atoms with Gasteiger partial charge in [0.2, 0.25) is 5.91 Å². The summed E-state index contributed by atoms with van der Waals surface area (Å²) in [4.78, 5) is 11.9. The molecule has 1 amide bonds. The van der Waals surface area contributed by atoms with Crippen molar-refractivity contribution in [3.8, 4) is 6.07 Å².